The number of aromatic nitrogens is 2. The van der Waals surface area contributed by atoms with Crippen molar-refractivity contribution in [1.29, 1.82) is 0 Å². The Morgan fingerprint density at radius 1 is 1.64 bits per heavy atom. The summed E-state index contributed by atoms with van der Waals surface area (Å²) in [5, 5.41) is 3.92. The minimum absolute atomic E-state index is 0.0507. The number of sulfonamides is 1. The van der Waals surface area contributed by atoms with E-state index in [4.69, 9.17) is 5.73 Å². The lowest BCUT2D eigenvalue weighted by Crippen LogP contribution is -2.30. The highest BCUT2D eigenvalue weighted by Crippen LogP contribution is 1.96. The third-order valence-corrected chi connectivity index (χ3v) is 3.14. The maximum absolute atomic E-state index is 11.2. The maximum Gasteiger partial charge on any atom is 0.213 e. The van der Waals surface area contributed by atoms with Gasteiger partial charge in [0, 0.05) is 19.8 Å². The zero-order chi connectivity index (χ0) is 10.6. The van der Waals surface area contributed by atoms with Gasteiger partial charge in [-0.25, -0.2) is 13.1 Å². The molecule has 14 heavy (non-hydrogen) atoms. The predicted octanol–water partition coefficient (Wildman–Crippen LogP) is -1.20. The molecule has 0 fully saturated rings. The summed E-state index contributed by atoms with van der Waals surface area (Å²) in [5.74, 6) is -0.0507. The van der Waals surface area contributed by atoms with Crippen LogP contribution in [-0.2, 0) is 23.6 Å². The number of hydrogen-bond acceptors (Lipinski definition) is 4. The number of rotatable bonds is 5. The Kier molecular flexibility index (Phi) is 3.62. The number of nitrogens with two attached hydrogens (primary N) is 1. The van der Waals surface area contributed by atoms with Crippen LogP contribution in [0.25, 0.3) is 0 Å². The van der Waals surface area contributed by atoms with E-state index < -0.39 is 10.0 Å². The Labute approximate surface area is 83.1 Å². The predicted molar refractivity (Wildman–Crippen MR) is 52.9 cm³/mol. The van der Waals surface area contributed by atoms with E-state index >= 15 is 0 Å². The van der Waals surface area contributed by atoms with Crippen LogP contribution in [0.4, 0.5) is 0 Å². The van der Waals surface area contributed by atoms with E-state index in [1.807, 2.05) is 0 Å². The molecule has 0 aliphatic carbocycles. The van der Waals surface area contributed by atoms with E-state index in [2.05, 4.69) is 9.82 Å². The monoisotopic (exact) mass is 218 g/mol. The lowest BCUT2D eigenvalue weighted by molar-refractivity contribution is 0.577. The highest BCUT2D eigenvalue weighted by atomic mass is 32.2. The van der Waals surface area contributed by atoms with Crippen molar-refractivity contribution < 1.29 is 8.42 Å². The SMILES string of the molecule is Cn1nccc1CNS(=O)(=O)CCN. The molecule has 3 N–H and O–H groups in total. The zero-order valence-corrected chi connectivity index (χ0v) is 8.79. The molecule has 7 heteroatoms. The quantitative estimate of drug-likeness (QED) is 0.649. The summed E-state index contributed by atoms with van der Waals surface area (Å²) >= 11 is 0. The first-order valence-electron chi connectivity index (χ1n) is 4.19. The molecule has 1 rings (SSSR count). The largest absolute Gasteiger partial charge is 0.329 e. The summed E-state index contributed by atoms with van der Waals surface area (Å²) in [6.45, 7) is 0.375. The van der Waals surface area contributed by atoms with Gasteiger partial charge < -0.3 is 5.73 Å². The van der Waals surface area contributed by atoms with Crippen LogP contribution in [0.3, 0.4) is 0 Å². The Morgan fingerprint density at radius 3 is 2.86 bits per heavy atom. The smallest absolute Gasteiger partial charge is 0.213 e. The second kappa shape index (κ2) is 4.54. The fourth-order valence-corrected chi connectivity index (χ4v) is 1.81. The fourth-order valence-electron chi connectivity index (χ4n) is 0.986. The molecule has 0 aromatic carbocycles. The summed E-state index contributed by atoms with van der Waals surface area (Å²) < 4.78 is 26.5. The maximum atomic E-state index is 11.2. The zero-order valence-electron chi connectivity index (χ0n) is 7.97. The van der Waals surface area contributed by atoms with Crippen LogP contribution < -0.4 is 10.5 Å². The van der Waals surface area contributed by atoms with Gasteiger partial charge in [0.1, 0.15) is 0 Å². The molecule has 0 aliphatic rings. The number of nitrogens with one attached hydrogen (secondary N) is 1. The molecule has 0 saturated carbocycles. The van der Waals surface area contributed by atoms with Gasteiger partial charge in [0.2, 0.25) is 10.0 Å². The molecule has 0 amide bonds. The second-order valence-electron chi connectivity index (χ2n) is 2.87. The third-order valence-electron chi connectivity index (χ3n) is 1.78. The first-order chi connectivity index (χ1) is 6.55. The first kappa shape index (κ1) is 11.2. The summed E-state index contributed by atoms with van der Waals surface area (Å²) in [5.41, 5.74) is 5.97. The lowest BCUT2D eigenvalue weighted by Gasteiger charge is -2.05. The normalized spacial score (nSPS) is 11.9. The van der Waals surface area contributed by atoms with Crippen molar-refractivity contribution in [2.24, 2.45) is 12.8 Å². The van der Waals surface area contributed by atoms with Crippen molar-refractivity contribution in [3.8, 4) is 0 Å². The Hall–Kier alpha value is -0.920. The van der Waals surface area contributed by atoms with Crippen LogP contribution >= 0.6 is 0 Å². The van der Waals surface area contributed by atoms with E-state index in [0.717, 1.165) is 5.69 Å². The van der Waals surface area contributed by atoms with Gasteiger partial charge in [0.15, 0.2) is 0 Å². The van der Waals surface area contributed by atoms with E-state index in [0.29, 0.717) is 0 Å². The van der Waals surface area contributed by atoms with Crippen LogP contribution in [0.2, 0.25) is 0 Å². The molecule has 0 radical (unpaired) electrons. The summed E-state index contributed by atoms with van der Waals surface area (Å²) in [6.07, 6.45) is 1.62. The van der Waals surface area contributed by atoms with Crippen molar-refractivity contribution >= 4 is 10.0 Å². The lowest BCUT2D eigenvalue weighted by atomic mass is 10.4. The minimum atomic E-state index is -3.24. The number of hydrogen-bond donors (Lipinski definition) is 2. The van der Waals surface area contributed by atoms with Crippen LogP contribution in [0.15, 0.2) is 12.3 Å². The average Bonchev–Trinajstić information content (AvgIpc) is 2.48. The van der Waals surface area contributed by atoms with Gasteiger partial charge in [-0.05, 0) is 6.07 Å². The Bertz CT molecular complexity index is 384. The molecule has 0 spiro atoms. The van der Waals surface area contributed by atoms with Crippen LogP contribution in [0.1, 0.15) is 5.69 Å². The van der Waals surface area contributed by atoms with Gasteiger partial charge in [-0.1, -0.05) is 0 Å². The Morgan fingerprint density at radius 2 is 2.36 bits per heavy atom. The van der Waals surface area contributed by atoms with Crippen LogP contribution in [-0.4, -0.2) is 30.5 Å². The van der Waals surface area contributed by atoms with Crippen molar-refractivity contribution in [2.45, 2.75) is 6.54 Å². The molecule has 80 valence electrons. The summed E-state index contributed by atoms with van der Waals surface area (Å²) in [6, 6.07) is 1.75. The summed E-state index contributed by atoms with van der Waals surface area (Å²) in [7, 11) is -1.48. The highest BCUT2D eigenvalue weighted by molar-refractivity contribution is 7.89. The first-order valence-corrected chi connectivity index (χ1v) is 5.84. The average molecular weight is 218 g/mol. The van der Waals surface area contributed by atoms with E-state index in [9.17, 15) is 8.42 Å². The van der Waals surface area contributed by atoms with Gasteiger partial charge >= 0.3 is 0 Å². The molecular formula is C7H14N4O2S. The number of aryl methyl sites for hydroxylation is 1. The molecular weight excluding hydrogens is 204 g/mol. The van der Waals surface area contributed by atoms with Crippen molar-refractivity contribution in [2.75, 3.05) is 12.3 Å². The molecule has 0 bridgehead atoms. The number of nitrogens with zero attached hydrogens (tertiary/aromatic N) is 2. The van der Waals surface area contributed by atoms with E-state index in [-0.39, 0.29) is 18.8 Å². The highest BCUT2D eigenvalue weighted by Gasteiger charge is 2.09. The summed E-state index contributed by atoms with van der Waals surface area (Å²) in [4.78, 5) is 0. The van der Waals surface area contributed by atoms with Crippen molar-refractivity contribution in [3.63, 3.8) is 0 Å². The van der Waals surface area contributed by atoms with Gasteiger partial charge in [0.05, 0.1) is 18.0 Å². The fraction of sp³-hybridized carbons (Fsp3) is 0.571. The van der Waals surface area contributed by atoms with E-state index in [1.54, 1.807) is 24.0 Å². The molecule has 0 aliphatic heterocycles. The third kappa shape index (κ3) is 3.09. The molecule has 1 aromatic rings. The molecule has 1 aromatic heterocycles. The Balaban J connectivity index is 2.53. The van der Waals surface area contributed by atoms with Gasteiger partial charge in [-0.2, -0.15) is 5.10 Å². The second-order valence-corrected chi connectivity index (χ2v) is 4.80. The van der Waals surface area contributed by atoms with Crippen molar-refractivity contribution in [3.05, 3.63) is 18.0 Å². The molecule has 6 nitrogen and oxygen atoms in total. The van der Waals surface area contributed by atoms with Crippen LogP contribution in [0.5, 0.6) is 0 Å². The topological polar surface area (TPSA) is 90.0 Å². The molecule has 1 heterocycles. The van der Waals surface area contributed by atoms with Gasteiger partial charge in [0.25, 0.3) is 0 Å². The van der Waals surface area contributed by atoms with Crippen LogP contribution in [0, 0.1) is 0 Å². The molecule has 0 saturated heterocycles. The van der Waals surface area contributed by atoms with Gasteiger partial charge in [-0.15, -0.1) is 0 Å². The minimum Gasteiger partial charge on any atom is -0.329 e. The van der Waals surface area contributed by atoms with Crippen molar-refractivity contribution in [1.82, 2.24) is 14.5 Å². The van der Waals surface area contributed by atoms with Gasteiger partial charge in [-0.3, -0.25) is 4.68 Å². The molecule has 0 atom stereocenters. The standard InChI is InChI=1S/C7H14N4O2S/c1-11-7(2-4-9-11)6-10-14(12,13)5-3-8/h2,4,10H,3,5-6,8H2,1H3. The molecule has 0 unspecified atom stereocenters. The van der Waals surface area contributed by atoms with E-state index in [1.165, 1.54) is 0 Å².